The standard InChI is InChI=1S/C23H23N7O2/c1-15-19(16(2)30(29-15)18-11-7-4-8-12-18)13-21(31)32-14-20-26-22(24)28-23(27-20)25-17-9-5-3-6-10-17/h3-12H,13-14H2,1-2H3,(H3,24,25,26,27,28). The molecule has 3 N–H and O–H groups in total. The van der Waals surface area contributed by atoms with Gasteiger partial charge < -0.3 is 15.8 Å². The molecule has 0 saturated heterocycles. The van der Waals surface area contributed by atoms with Gasteiger partial charge in [0, 0.05) is 16.9 Å². The summed E-state index contributed by atoms with van der Waals surface area (Å²) in [7, 11) is 0. The monoisotopic (exact) mass is 429 g/mol. The second kappa shape index (κ2) is 9.25. The van der Waals surface area contributed by atoms with Gasteiger partial charge in [0.05, 0.1) is 17.8 Å². The van der Waals surface area contributed by atoms with Crippen LogP contribution in [-0.4, -0.2) is 30.7 Å². The number of esters is 1. The largest absolute Gasteiger partial charge is 0.457 e. The lowest BCUT2D eigenvalue weighted by Crippen LogP contribution is -2.13. The molecule has 0 saturated carbocycles. The number of hydrogen-bond acceptors (Lipinski definition) is 8. The lowest BCUT2D eigenvalue weighted by Gasteiger charge is -2.08. The Labute approximate surface area is 185 Å². The molecule has 0 unspecified atom stereocenters. The van der Waals surface area contributed by atoms with Crippen LogP contribution < -0.4 is 11.1 Å². The number of nitrogens with zero attached hydrogens (tertiary/aromatic N) is 5. The highest BCUT2D eigenvalue weighted by Gasteiger charge is 2.17. The number of rotatable bonds is 7. The van der Waals surface area contributed by atoms with Crippen molar-refractivity contribution >= 4 is 23.6 Å². The Bertz CT molecular complexity index is 1220. The molecule has 0 atom stereocenters. The van der Waals surface area contributed by atoms with E-state index in [4.69, 9.17) is 10.5 Å². The zero-order chi connectivity index (χ0) is 22.5. The Morgan fingerprint density at radius 3 is 2.41 bits per heavy atom. The molecular weight excluding hydrogens is 406 g/mol. The van der Waals surface area contributed by atoms with E-state index in [0.717, 1.165) is 28.3 Å². The van der Waals surface area contributed by atoms with Crippen LogP contribution in [0.15, 0.2) is 60.7 Å². The normalized spacial score (nSPS) is 10.7. The van der Waals surface area contributed by atoms with Gasteiger partial charge in [0.1, 0.15) is 0 Å². The maximum atomic E-state index is 12.5. The number of hydrogen-bond donors (Lipinski definition) is 2. The maximum absolute atomic E-state index is 12.5. The van der Waals surface area contributed by atoms with Gasteiger partial charge in [-0.3, -0.25) is 4.79 Å². The zero-order valence-electron chi connectivity index (χ0n) is 17.8. The Morgan fingerprint density at radius 1 is 1.00 bits per heavy atom. The first kappa shape index (κ1) is 21.0. The van der Waals surface area contributed by atoms with Crippen molar-refractivity contribution in [3.05, 3.63) is 83.4 Å². The summed E-state index contributed by atoms with van der Waals surface area (Å²) in [5.41, 5.74) is 10.0. The van der Waals surface area contributed by atoms with Gasteiger partial charge >= 0.3 is 5.97 Å². The molecule has 32 heavy (non-hydrogen) atoms. The number of aromatic nitrogens is 5. The molecule has 2 aromatic carbocycles. The second-order valence-electron chi connectivity index (χ2n) is 7.16. The fourth-order valence-corrected chi connectivity index (χ4v) is 3.30. The molecule has 0 amide bonds. The Balaban J connectivity index is 1.42. The van der Waals surface area contributed by atoms with E-state index in [1.807, 2.05) is 79.2 Å². The minimum Gasteiger partial charge on any atom is -0.457 e. The fourth-order valence-electron chi connectivity index (χ4n) is 3.30. The van der Waals surface area contributed by atoms with Crippen LogP contribution in [0.4, 0.5) is 17.6 Å². The van der Waals surface area contributed by atoms with Gasteiger partial charge in [-0.2, -0.15) is 20.1 Å². The molecule has 0 spiro atoms. The molecule has 9 heteroatoms. The molecule has 4 aromatic rings. The van der Waals surface area contributed by atoms with E-state index >= 15 is 0 Å². The summed E-state index contributed by atoms with van der Waals surface area (Å²) >= 11 is 0. The van der Waals surface area contributed by atoms with Crippen LogP contribution >= 0.6 is 0 Å². The van der Waals surface area contributed by atoms with Gasteiger partial charge in [-0.15, -0.1) is 0 Å². The number of aryl methyl sites for hydroxylation is 1. The average Bonchev–Trinajstić information content (AvgIpc) is 3.07. The molecule has 0 aliphatic rings. The van der Waals surface area contributed by atoms with Crippen LogP contribution in [0.3, 0.4) is 0 Å². The third-order valence-electron chi connectivity index (χ3n) is 4.85. The van der Waals surface area contributed by atoms with Crippen molar-refractivity contribution in [2.75, 3.05) is 11.1 Å². The maximum Gasteiger partial charge on any atom is 0.310 e. The Morgan fingerprint density at radius 2 is 1.69 bits per heavy atom. The summed E-state index contributed by atoms with van der Waals surface area (Å²) in [6, 6.07) is 19.2. The highest BCUT2D eigenvalue weighted by Crippen LogP contribution is 2.19. The number of nitrogens with one attached hydrogen (secondary N) is 1. The van der Waals surface area contributed by atoms with Crippen molar-refractivity contribution < 1.29 is 9.53 Å². The lowest BCUT2D eigenvalue weighted by molar-refractivity contribution is -0.144. The van der Waals surface area contributed by atoms with E-state index in [2.05, 4.69) is 25.4 Å². The van der Waals surface area contributed by atoms with Crippen molar-refractivity contribution in [2.45, 2.75) is 26.9 Å². The predicted octanol–water partition coefficient (Wildman–Crippen LogP) is 3.29. The first-order valence-corrected chi connectivity index (χ1v) is 10.1. The Kier molecular flexibility index (Phi) is 6.07. The minimum atomic E-state index is -0.402. The minimum absolute atomic E-state index is 0.0420. The van der Waals surface area contributed by atoms with Crippen molar-refractivity contribution in [3.63, 3.8) is 0 Å². The van der Waals surface area contributed by atoms with Crippen molar-refractivity contribution in [3.8, 4) is 5.69 Å². The lowest BCUT2D eigenvalue weighted by atomic mass is 10.1. The fraction of sp³-hybridized carbons (Fsp3) is 0.174. The summed E-state index contributed by atoms with van der Waals surface area (Å²) in [6.07, 6.45) is 0.0974. The summed E-state index contributed by atoms with van der Waals surface area (Å²) in [5, 5.41) is 7.62. The number of para-hydroxylation sites is 2. The number of anilines is 3. The summed E-state index contributed by atoms with van der Waals surface area (Å²) in [6.45, 7) is 3.70. The van der Waals surface area contributed by atoms with E-state index in [9.17, 15) is 4.79 Å². The third kappa shape index (κ3) is 4.89. The highest BCUT2D eigenvalue weighted by atomic mass is 16.5. The zero-order valence-corrected chi connectivity index (χ0v) is 17.8. The highest BCUT2D eigenvalue weighted by molar-refractivity contribution is 5.73. The molecule has 2 heterocycles. The van der Waals surface area contributed by atoms with Gasteiger partial charge in [-0.1, -0.05) is 36.4 Å². The van der Waals surface area contributed by atoms with Crippen LogP contribution in [-0.2, 0) is 22.6 Å². The van der Waals surface area contributed by atoms with Gasteiger partial charge in [-0.25, -0.2) is 4.68 Å². The Hall–Kier alpha value is -4.27. The van der Waals surface area contributed by atoms with E-state index in [1.54, 1.807) is 0 Å². The van der Waals surface area contributed by atoms with Gasteiger partial charge in [0.2, 0.25) is 11.9 Å². The van der Waals surface area contributed by atoms with Crippen molar-refractivity contribution in [2.24, 2.45) is 0 Å². The molecule has 0 bridgehead atoms. The number of nitrogen functional groups attached to an aromatic ring is 1. The first-order chi connectivity index (χ1) is 15.5. The summed E-state index contributed by atoms with van der Waals surface area (Å²) in [5.74, 6) is 0.184. The summed E-state index contributed by atoms with van der Waals surface area (Å²) < 4.78 is 7.23. The first-order valence-electron chi connectivity index (χ1n) is 10.1. The quantitative estimate of drug-likeness (QED) is 0.429. The molecule has 162 valence electrons. The van der Waals surface area contributed by atoms with Crippen LogP contribution in [0.25, 0.3) is 5.69 Å². The topological polar surface area (TPSA) is 121 Å². The predicted molar refractivity (Wildman–Crippen MR) is 121 cm³/mol. The molecular formula is C23H23N7O2. The van der Waals surface area contributed by atoms with Crippen molar-refractivity contribution in [1.29, 1.82) is 0 Å². The van der Waals surface area contributed by atoms with Crippen LogP contribution in [0.2, 0.25) is 0 Å². The van der Waals surface area contributed by atoms with Gasteiger partial charge in [0.15, 0.2) is 12.4 Å². The molecule has 4 rings (SSSR count). The average molecular weight is 429 g/mol. The van der Waals surface area contributed by atoms with Crippen LogP contribution in [0, 0.1) is 13.8 Å². The molecule has 0 aliphatic heterocycles. The SMILES string of the molecule is Cc1nn(-c2ccccc2)c(C)c1CC(=O)OCc1nc(N)nc(Nc2ccccc2)n1. The van der Waals surface area contributed by atoms with E-state index < -0.39 is 5.97 Å². The van der Waals surface area contributed by atoms with Crippen LogP contribution in [0.1, 0.15) is 22.8 Å². The molecule has 0 fully saturated rings. The van der Waals surface area contributed by atoms with Crippen LogP contribution in [0.5, 0.6) is 0 Å². The number of ether oxygens (including phenoxy) is 1. The number of benzene rings is 2. The molecule has 9 nitrogen and oxygen atoms in total. The number of carbonyl (C=O) groups is 1. The van der Waals surface area contributed by atoms with Crippen molar-refractivity contribution in [1.82, 2.24) is 24.7 Å². The van der Waals surface area contributed by atoms with Gasteiger partial charge in [-0.05, 0) is 38.1 Å². The van der Waals surface area contributed by atoms with E-state index in [-0.39, 0.29) is 30.7 Å². The number of nitrogens with two attached hydrogens (primary N) is 1. The second-order valence-corrected chi connectivity index (χ2v) is 7.16. The molecule has 2 aromatic heterocycles. The number of carbonyl (C=O) groups excluding carboxylic acids is 1. The smallest absolute Gasteiger partial charge is 0.310 e. The summed E-state index contributed by atoms with van der Waals surface area (Å²) in [4.78, 5) is 24.9. The molecule has 0 aliphatic carbocycles. The third-order valence-corrected chi connectivity index (χ3v) is 4.85. The van der Waals surface area contributed by atoms with Gasteiger partial charge in [0.25, 0.3) is 0 Å². The molecule has 0 radical (unpaired) electrons. The van der Waals surface area contributed by atoms with E-state index in [1.165, 1.54) is 0 Å². The van der Waals surface area contributed by atoms with E-state index in [0.29, 0.717) is 0 Å².